The minimum Gasteiger partial charge on any atom is -0.368 e. The van der Waals surface area contributed by atoms with E-state index in [0.717, 1.165) is 34.8 Å². The number of rotatable bonds is 3. The molecular formula is C20H22ClN5O. The number of carbonyl (C=O) groups is 1. The van der Waals surface area contributed by atoms with Crippen molar-refractivity contribution in [2.75, 3.05) is 31.1 Å². The van der Waals surface area contributed by atoms with Crippen molar-refractivity contribution in [3.05, 3.63) is 53.3 Å². The minimum atomic E-state index is 0.0254. The molecule has 6 nitrogen and oxygen atoms in total. The van der Waals surface area contributed by atoms with Crippen molar-refractivity contribution < 1.29 is 4.79 Å². The van der Waals surface area contributed by atoms with Gasteiger partial charge < -0.3 is 9.80 Å². The number of nitrogens with zero attached hydrogens (tertiary/aromatic N) is 5. The van der Waals surface area contributed by atoms with Crippen LogP contribution in [0.25, 0.3) is 11.0 Å². The van der Waals surface area contributed by atoms with E-state index >= 15 is 0 Å². The molecule has 2 aromatic heterocycles. The molecule has 0 spiro atoms. The van der Waals surface area contributed by atoms with Crippen LogP contribution >= 0.6 is 11.6 Å². The molecule has 4 rings (SSSR count). The Balaban J connectivity index is 1.46. The molecule has 0 atom stereocenters. The fraction of sp³-hybridized carbons (Fsp3) is 0.350. The lowest BCUT2D eigenvalue weighted by Crippen LogP contribution is -2.48. The van der Waals surface area contributed by atoms with Gasteiger partial charge in [-0.2, -0.15) is 5.10 Å². The topological polar surface area (TPSA) is 54.3 Å². The van der Waals surface area contributed by atoms with Crippen molar-refractivity contribution in [3.63, 3.8) is 0 Å². The Morgan fingerprint density at radius 3 is 2.44 bits per heavy atom. The largest absolute Gasteiger partial charge is 0.368 e. The van der Waals surface area contributed by atoms with Crippen molar-refractivity contribution >= 4 is 34.2 Å². The van der Waals surface area contributed by atoms with Gasteiger partial charge in [0.25, 0.3) is 5.91 Å². The Morgan fingerprint density at radius 2 is 1.78 bits per heavy atom. The van der Waals surface area contributed by atoms with Crippen LogP contribution in [0.4, 0.5) is 5.69 Å². The second kappa shape index (κ2) is 7.19. The van der Waals surface area contributed by atoms with Gasteiger partial charge in [-0.05, 0) is 44.2 Å². The highest BCUT2D eigenvalue weighted by Crippen LogP contribution is 2.21. The van der Waals surface area contributed by atoms with Crippen LogP contribution in [0.5, 0.6) is 0 Å². The molecule has 1 amide bonds. The van der Waals surface area contributed by atoms with Gasteiger partial charge in [0.1, 0.15) is 0 Å². The summed E-state index contributed by atoms with van der Waals surface area (Å²) < 4.78 is 1.87. The van der Waals surface area contributed by atoms with Gasteiger partial charge in [-0.3, -0.25) is 4.79 Å². The summed E-state index contributed by atoms with van der Waals surface area (Å²) in [6.07, 6.45) is 3.44. The fourth-order valence-corrected chi connectivity index (χ4v) is 3.56. The van der Waals surface area contributed by atoms with E-state index in [1.165, 1.54) is 0 Å². The Labute approximate surface area is 163 Å². The Kier molecular flexibility index (Phi) is 4.74. The lowest BCUT2D eigenvalue weighted by atomic mass is 10.2. The van der Waals surface area contributed by atoms with Gasteiger partial charge in [0.2, 0.25) is 0 Å². The fourth-order valence-electron chi connectivity index (χ4n) is 3.44. The third-order valence-electron chi connectivity index (χ3n) is 4.93. The summed E-state index contributed by atoms with van der Waals surface area (Å²) in [5.74, 6) is 0.0254. The van der Waals surface area contributed by atoms with Crippen LogP contribution in [0.15, 0.2) is 42.7 Å². The number of hydrogen-bond acceptors (Lipinski definition) is 4. The first-order chi connectivity index (χ1) is 13.0. The predicted octanol–water partition coefficient (Wildman–Crippen LogP) is 3.63. The zero-order valence-electron chi connectivity index (χ0n) is 15.5. The van der Waals surface area contributed by atoms with E-state index < -0.39 is 0 Å². The van der Waals surface area contributed by atoms with Gasteiger partial charge in [0, 0.05) is 54.5 Å². The summed E-state index contributed by atoms with van der Waals surface area (Å²) in [7, 11) is 0. The van der Waals surface area contributed by atoms with Crippen molar-refractivity contribution in [2.24, 2.45) is 0 Å². The summed E-state index contributed by atoms with van der Waals surface area (Å²) in [5.41, 5.74) is 2.57. The Hall–Kier alpha value is -2.60. The highest BCUT2D eigenvalue weighted by Gasteiger charge is 2.23. The lowest BCUT2D eigenvalue weighted by molar-refractivity contribution is 0.0746. The number of carbonyl (C=O) groups excluding carboxylic acids is 1. The van der Waals surface area contributed by atoms with Crippen LogP contribution in [-0.4, -0.2) is 51.8 Å². The molecule has 1 aliphatic rings. The van der Waals surface area contributed by atoms with E-state index in [4.69, 9.17) is 11.6 Å². The molecule has 0 unspecified atom stereocenters. The standard InChI is InChI=1S/C20H22ClN5O/c1-14(2)26-19-15(13-23-26)11-16(12-22-19)20(27)25-9-7-24(8-10-25)18-5-3-17(21)4-6-18/h3-6,11-14H,7-10H2,1-2H3. The maximum atomic E-state index is 12.9. The van der Waals surface area contributed by atoms with Crippen LogP contribution in [0.1, 0.15) is 30.2 Å². The molecule has 0 aliphatic carbocycles. The lowest BCUT2D eigenvalue weighted by Gasteiger charge is -2.36. The molecule has 3 aromatic rings. The molecule has 3 heterocycles. The Morgan fingerprint density at radius 1 is 1.07 bits per heavy atom. The van der Waals surface area contributed by atoms with Gasteiger partial charge in [-0.25, -0.2) is 9.67 Å². The second-order valence-corrected chi connectivity index (χ2v) is 7.51. The van der Waals surface area contributed by atoms with Gasteiger partial charge >= 0.3 is 0 Å². The van der Waals surface area contributed by atoms with Crippen LogP contribution in [0.2, 0.25) is 5.02 Å². The number of pyridine rings is 1. The number of halogens is 1. The van der Waals surface area contributed by atoms with Crippen LogP contribution in [0, 0.1) is 0 Å². The zero-order chi connectivity index (χ0) is 19.0. The van der Waals surface area contributed by atoms with Gasteiger partial charge in [0.05, 0.1) is 11.8 Å². The van der Waals surface area contributed by atoms with Crippen molar-refractivity contribution in [2.45, 2.75) is 19.9 Å². The van der Waals surface area contributed by atoms with Crippen LogP contribution in [0.3, 0.4) is 0 Å². The number of amides is 1. The molecule has 7 heteroatoms. The molecule has 1 saturated heterocycles. The highest BCUT2D eigenvalue weighted by molar-refractivity contribution is 6.30. The van der Waals surface area contributed by atoms with E-state index in [1.54, 1.807) is 12.4 Å². The summed E-state index contributed by atoms with van der Waals surface area (Å²) in [6, 6.07) is 9.95. The molecule has 0 radical (unpaired) electrons. The van der Waals surface area contributed by atoms with Gasteiger partial charge in [-0.1, -0.05) is 11.6 Å². The second-order valence-electron chi connectivity index (χ2n) is 7.08. The first-order valence-electron chi connectivity index (χ1n) is 9.16. The molecule has 0 bridgehead atoms. The zero-order valence-corrected chi connectivity index (χ0v) is 16.2. The normalized spacial score (nSPS) is 15.0. The SMILES string of the molecule is CC(C)n1ncc2cc(C(=O)N3CCN(c4ccc(Cl)cc4)CC3)cnc21. The van der Waals surface area contributed by atoms with E-state index in [1.807, 2.05) is 39.9 Å². The maximum absolute atomic E-state index is 12.9. The highest BCUT2D eigenvalue weighted by atomic mass is 35.5. The molecular weight excluding hydrogens is 362 g/mol. The third-order valence-corrected chi connectivity index (χ3v) is 5.18. The summed E-state index contributed by atoms with van der Waals surface area (Å²) in [5, 5.41) is 6.00. The minimum absolute atomic E-state index is 0.0254. The summed E-state index contributed by atoms with van der Waals surface area (Å²) in [6.45, 7) is 7.10. The number of hydrogen-bond donors (Lipinski definition) is 0. The van der Waals surface area contributed by atoms with Gasteiger partial charge in [-0.15, -0.1) is 0 Å². The molecule has 1 aromatic carbocycles. The number of piperazine rings is 1. The van der Waals surface area contributed by atoms with Gasteiger partial charge in [0.15, 0.2) is 5.65 Å². The first kappa shape index (κ1) is 17.8. The first-order valence-corrected chi connectivity index (χ1v) is 9.54. The monoisotopic (exact) mass is 383 g/mol. The van der Waals surface area contributed by atoms with Crippen LogP contribution in [-0.2, 0) is 0 Å². The molecule has 0 saturated carbocycles. The van der Waals surface area contributed by atoms with Crippen molar-refractivity contribution in [3.8, 4) is 0 Å². The molecule has 27 heavy (non-hydrogen) atoms. The number of fused-ring (bicyclic) bond motifs is 1. The van der Waals surface area contributed by atoms with Crippen molar-refractivity contribution in [1.29, 1.82) is 0 Å². The summed E-state index contributed by atoms with van der Waals surface area (Å²) >= 11 is 5.96. The molecule has 140 valence electrons. The van der Waals surface area contributed by atoms with Crippen LogP contribution < -0.4 is 4.90 Å². The summed E-state index contributed by atoms with van der Waals surface area (Å²) in [4.78, 5) is 21.5. The quantitative estimate of drug-likeness (QED) is 0.693. The third kappa shape index (κ3) is 3.49. The molecule has 0 N–H and O–H groups in total. The molecule has 1 fully saturated rings. The average molecular weight is 384 g/mol. The smallest absolute Gasteiger partial charge is 0.255 e. The number of benzene rings is 1. The maximum Gasteiger partial charge on any atom is 0.255 e. The van der Waals surface area contributed by atoms with E-state index in [0.29, 0.717) is 18.7 Å². The van der Waals surface area contributed by atoms with E-state index in [2.05, 4.69) is 28.8 Å². The predicted molar refractivity (Wildman–Crippen MR) is 107 cm³/mol. The average Bonchev–Trinajstić information content (AvgIpc) is 3.12. The number of aromatic nitrogens is 3. The number of anilines is 1. The van der Waals surface area contributed by atoms with Crippen molar-refractivity contribution in [1.82, 2.24) is 19.7 Å². The Bertz CT molecular complexity index is 958. The molecule has 1 aliphatic heterocycles. The van der Waals surface area contributed by atoms with E-state index in [-0.39, 0.29) is 11.9 Å². The van der Waals surface area contributed by atoms with E-state index in [9.17, 15) is 4.79 Å².